The van der Waals surface area contributed by atoms with Crippen molar-refractivity contribution in [1.82, 2.24) is 9.97 Å². The van der Waals surface area contributed by atoms with Crippen molar-refractivity contribution in [2.45, 2.75) is 37.5 Å². The average Bonchev–Trinajstić information content (AvgIpc) is 3.08. The molecule has 1 saturated carbocycles. The fourth-order valence-corrected chi connectivity index (χ4v) is 7.22. The maximum absolute atomic E-state index is 8.78. The number of aromatic nitrogens is 2. The van der Waals surface area contributed by atoms with Gasteiger partial charge in [-0.05, 0) is 63.7 Å². The summed E-state index contributed by atoms with van der Waals surface area (Å²) in [6, 6.07) is 40.1. The Balaban J connectivity index is 1.31. The molecule has 1 unspecified atom stereocenters. The highest BCUT2D eigenvalue weighted by atomic mass is 32.2. The first kappa shape index (κ1) is 27.5. The molecule has 4 nitrogen and oxygen atoms in total. The number of nitrogens with two attached hydrogens (primary N) is 1. The molecule has 5 heteroatoms. The monoisotopic (exact) mass is 578 g/mol. The first-order valence-electron chi connectivity index (χ1n) is 15.1. The Morgan fingerprint density at radius 2 is 1.35 bits per heavy atom. The SMILES string of the molecule is N=C(SC(N)c1cc(-c2ccccc2)nc(-c2cccc(-c3cc4ccccc4c4ccccc34)c2)n1)C1CCCCC1. The lowest BCUT2D eigenvalue weighted by atomic mass is 9.90. The summed E-state index contributed by atoms with van der Waals surface area (Å²) in [6.45, 7) is 0. The van der Waals surface area contributed by atoms with Crippen molar-refractivity contribution in [1.29, 1.82) is 5.41 Å². The van der Waals surface area contributed by atoms with E-state index in [9.17, 15) is 0 Å². The Hall–Kier alpha value is -4.32. The van der Waals surface area contributed by atoms with Crippen molar-refractivity contribution >= 4 is 38.4 Å². The average molecular weight is 579 g/mol. The second-order valence-corrected chi connectivity index (χ2v) is 12.6. The molecule has 212 valence electrons. The van der Waals surface area contributed by atoms with Gasteiger partial charge in [-0.15, -0.1) is 0 Å². The summed E-state index contributed by atoms with van der Waals surface area (Å²) in [5, 5.41) is 14.0. The van der Waals surface area contributed by atoms with Gasteiger partial charge in [-0.1, -0.05) is 128 Å². The minimum atomic E-state index is -0.439. The highest BCUT2D eigenvalue weighted by Gasteiger charge is 2.23. The van der Waals surface area contributed by atoms with Crippen molar-refractivity contribution < 1.29 is 0 Å². The van der Waals surface area contributed by atoms with Gasteiger partial charge in [-0.3, -0.25) is 5.41 Å². The molecular weight excluding hydrogens is 545 g/mol. The van der Waals surface area contributed by atoms with E-state index in [4.69, 9.17) is 21.1 Å². The maximum Gasteiger partial charge on any atom is 0.160 e. The van der Waals surface area contributed by atoms with Crippen LogP contribution in [0.3, 0.4) is 0 Å². The summed E-state index contributed by atoms with van der Waals surface area (Å²) < 4.78 is 0. The van der Waals surface area contributed by atoms with Crippen LogP contribution in [-0.4, -0.2) is 15.0 Å². The summed E-state index contributed by atoms with van der Waals surface area (Å²) in [6.07, 6.45) is 5.82. The number of nitrogens with zero attached hydrogens (tertiary/aromatic N) is 2. The zero-order valence-electron chi connectivity index (χ0n) is 24.0. The quantitative estimate of drug-likeness (QED) is 0.0892. The Bertz CT molecular complexity index is 1930. The molecule has 1 aliphatic carbocycles. The van der Waals surface area contributed by atoms with Gasteiger partial charge in [-0.25, -0.2) is 9.97 Å². The molecule has 0 aliphatic heterocycles. The minimum absolute atomic E-state index is 0.313. The molecule has 7 rings (SSSR count). The number of fused-ring (bicyclic) bond motifs is 3. The van der Waals surface area contributed by atoms with Crippen LogP contribution in [0.4, 0.5) is 0 Å². The van der Waals surface area contributed by atoms with Crippen molar-refractivity contribution in [3.05, 3.63) is 121 Å². The zero-order chi connectivity index (χ0) is 29.2. The van der Waals surface area contributed by atoms with E-state index < -0.39 is 5.37 Å². The van der Waals surface area contributed by atoms with Crippen LogP contribution in [0.25, 0.3) is 55.3 Å². The van der Waals surface area contributed by atoms with E-state index in [2.05, 4.69) is 91.0 Å². The van der Waals surface area contributed by atoms with Crippen LogP contribution in [0.1, 0.15) is 43.2 Å². The molecule has 6 aromatic rings. The predicted molar refractivity (Wildman–Crippen MR) is 182 cm³/mol. The van der Waals surface area contributed by atoms with Gasteiger partial charge >= 0.3 is 0 Å². The molecule has 5 aromatic carbocycles. The predicted octanol–water partition coefficient (Wildman–Crippen LogP) is 10.0. The molecule has 0 radical (unpaired) electrons. The summed E-state index contributed by atoms with van der Waals surface area (Å²) in [5.41, 5.74) is 12.6. The van der Waals surface area contributed by atoms with Crippen LogP contribution >= 0.6 is 11.8 Å². The number of hydrogen-bond donors (Lipinski definition) is 2. The lowest BCUT2D eigenvalue weighted by Crippen LogP contribution is -2.19. The largest absolute Gasteiger partial charge is 0.314 e. The van der Waals surface area contributed by atoms with Crippen LogP contribution < -0.4 is 5.73 Å². The van der Waals surface area contributed by atoms with Crippen LogP contribution in [0.5, 0.6) is 0 Å². The summed E-state index contributed by atoms with van der Waals surface area (Å²) in [4.78, 5) is 10.1. The zero-order valence-corrected chi connectivity index (χ0v) is 24.9. The highest BCUT2D eigenvalue weighted by Crippen LogP contribution is 2.37. The van der Waals surface area contributed by atoms with E-state index in [1.165, 1.54) is 58.1 Å². The van der Waals surface area contributed by atoms with E-state index in [-0.39, 0.29) is 0 Å². The lowest BCUT2D eigenvalue weighted by molar-refractivity contribution is 0.442. The number of benzene rings is 5. The van der Waals surface area contributed by atoms with Crippen LogP contribution in [0.2, 0.25) is 0 Å². The molecule has 3 N–H and O–H groups in total. The Morgan fingerprint density at radius 3 is 2.16 bits per heavy atom. The minimum Gasteiger partial charge on any atom is -0.314 e. The van der Waals surface area contributed by atoms with Crippen LogP contribution in [-0.2, 0) is 0 Å². The van der Waals surface area contributed by atoms with Crippen molar-refractivity contribution in [2.75, 3.05) is 0 Å². The standard InChI is InChI=1S/C38H34N4S/c39-36(26-14-5-2-6-15-26)43-37(40)35-24-34(25-12-3-1-4-13-25)41-38(42-35)29-18-11-17-27(22-29)33-23-28-16-7-8-19-30(28)31-20-9-10-21-32(31)33/h1,3-4,7-13,16-24,26,37,39H,2,5-6,14-15,40H2. The van der Waals surface area contributed by atoms with E-state index in [1.807, 2.05) is 24.3 Å². The smallest absolute Gasteiger partial charge is 0.160 e. The maximum atomic E-state index is 8.78. The molecule has 1 aliphatic rings. The van der Waals surface area contributed by atoms with E-state index in [1.54, 1.807) is 0 Å². The fraction of sp³-hybridized carbons (Fsp3) is 0.184. The van der Waals surface area contributed by atoms with Gasteiger partial charge in [0.05, 0.1) is 21.8 Å². The van der Waals surface area contributed by atoms with Gasteiger partial charge in [0.1, 0.15) is 0 Å². The molecule has 0 bridgehead atoms. The number of hydrogen-bond acceptors (Lipinski definition) is 5. The van der Waals surface area contributed by atoms with Crippen molar-refractivity contribution in [2.24, 2.45) is 11.7 Å². The molecule has 1 heterocycles. The van der Waals surface area contributed by atoms with Gasteiger partial charge in [0, 0.05) is 17.0 Å². The Morgan fingerprint density at radius 1 is 0.674 bits per heavy atom. The number of thioether (sulfide) groups is 1. The first-order valence-corrected chi connectivity index (χ1v) is 16.0. The third-order valence-corrected chi connectivity index (χ3v) is 9.62. The Kier molecular flexibility index (Phi) is 7.75. The van der Waals surface area contributed by atoms with Crippen LogP contribution in [0, 0.1) is 11.3 Å². The van der Waals surface area contributed by atoms with E-state index >= 15 is 0 Å². The second-order valence-electron chi connectivity index (χ2n) is 11.4. The Labute approximate surface area is 256 Å². The molecule has 1 aromatic heterocycles. The number of rotatable bonds is 6. The van der Waals surface area contributed by atoms with Gasteiger partial charge in [0.2, 0.25) is 0 Å². The molecule has 1 atom stereocenters. The van der Waals surface area contributed by atoms with Gasteiger partial charge in [0.25, 0.3) is 0 Å². The molecular formula is C38H34N4S. The first-order chi connectivity index (χ1) is 21.1. The molecule has 0 amide bonds. The van der Waals surface area contributed by atoms with E-state index in [0.717, 1.165) is 40.9 Å². The lowest BCUT2D eigenvalue weighted by Gasteiger charge is -2.23. The molecule has 1 fully saturated rings. The summed E-state index contributed by atoms with van der Waals surface area (Å²) in [7, 11) is 0. The topological polar surface area (TPSA) is 75.7 Å². The molecule has 0 saturated heterocycles. The third kappa shape index (κ3) is 5.71. The van der Waals surface area contributed by atoms with Crippen LogP contribution in [0.15, 0.2) is 115 Å². The highest BCUT2D eigenvalue weighted by molar-refractivity contribution is 8.14. The second kappa shape index (κ2) is 12.1. The normalized spacial score (nSPS) is 14.6. The summed E-state index contributed by atoms with van der Waals surface area (Å²) >= 11 is 1.44. The van der Waals surface area contributed by atoms with Crippen molar-refractivity contribution in [3.63, 3.8) is 0 Å². The number of nitrogens with one attached hydrogen (secondary N) is 1. The molecule has 43 heavy (non-hydrogen) atoms. The fourth-order valence-electron chi connectivity index (χ4n) is 6.27. The van der Waals surface area contributed by atoms with Crippen molar-refractivity contribution in [3.8, 4) is 33.8 Å². The van der Waals surface area contributed by atoms with Gasteiger partial charge in [0.15, 0.2) is 5.82 Å². The third-order valence-electron chi connectivity index (χ3n) is 8.54. The molecule has 0 spiro atoms. The van der Waals surface area contributed by atoms with E-state index in [0.29, 0.717) is 16.8 Å². The van der Waals surface area contributed by atoms with Gasteiger partial charge < -0.3 is 5.73 Å². The summed E-state index contributed by atoms with van der Waals surface area (Å²) in [5.74, 6) is 0.955. The van der Waals surface area contributed by atoms with Gasteiger partial charge in [-0.2, -0.15) is 0 Å².